The van der Waals surface area contributed by atoms with Gasteiger partial charge in [-0.1, -0.05) is 15.9 Å². The van der Waals surface area contributed by atoms with E-state index in [0.717, 1.165) is 24.7 Å². The van der Waals surface area contributed by atoms with Gasteiger partial charge in [-0.2, -0.15) is 0 Å². The molecular weight excluding hydrogens is 274 g/mol. The number of hydrogen-bond acceptors (Lipinski definition) is 2. The second-order valence-corrected chi connectivity index (χ2v) is 7.93. The molecule has 1 aliphatic heterocycles. The summed E-state index contributed by atoms with van der Waals surface area (Å²) < 4.78 is -0.252. The van der Waals surface area contributed by atoms with Crippen molar-refractivity contribution < 1.29 is 4.79 Å². The average molecular weight is 294 g/mol. The van der Waals surface area contributed by atoms with Gasteiger partial charge < -0.3 is 4.90 Å². The number of rotatable bonds is 4. The molecule has 0 saturated carbocycles. The van der Waals surface area contributed by atoms with E-state index in [1.54, 1.807) is 11.8 Å². The molecule has 0 spiro atoms. The molecule has 2 nitrogen and oxygen atoms in total. The van der Waals surface area contributed by atoms with Crippen LogP contribution in [0.15, 0.2) is 0 Å². The van der Waals surface area contributed by atoms with Crippen molar-refractivity contribution in [1.82, 2.24) is 4.90 Å². The Kier molecular flexibility index (Phi) is 4.15. The summed E-state index contributed by atoms with van der Waals surface area (Å²) in [5.41, 5.74) is 0. The van der Waals surface area contributed by atoms with Gasteiger partial charge in [0.05, 0.1) is 9.62 Å². The SMILES string of the molecule is CC1(C)SC(C)(C)N(CCCCBr)C1=O. The lowest BCUT2D eigenvalue weighted by Gasteiger charge is -2.30. The molecule has 0 aromatic carbocycles. The average Bonchev–Trinajstić information content (AvgIpc) is 2.23. The van der Waals surface area contributed by atoms with Crippen LogP contribution in [0.5, 0.6) is 0 Å². The number of alkyl halides is 1. The third kappa shape index (κ3) is 2.90. The standard InChI is InChI=1S/C11H20BrNOS/c1-10(2)9(14)13(8-6-5-7-12)11(3,4)15-10/h5-8H2,1-4H3. The van der Waals surface area contributed by atoms with Crippen LogP contribution in [0.2, 0.25) is 0 Å². The van der Waals surface area contributed by atoms with E-state index in [2.05, 4.69) is 29.8 Å². The molecular formula is C11H20BrNOS. The van der Waals surface area contributed by atoms with Crippen molar-refractivity contribution in [2.45, 2.75) is 50.2 Å². The van der Waals surface area contributed by atoms with Gasteiger partial charge >= 0.3 is 0 Å². The molecule has 0 bridgehead atoms. The molecule has 1 rings (SSSR count). The number of amides is 1. The second kappa shape index (κ2) is 4.66. The highest BCUT2D eigenvalue weighted by Gasteiger charge is 2.50. The van der Waals surface area contributed by atoms with Gasteiger partial charge in [0.1, 0.15) is 0 Å². The maximum Gasteiger partial charge on any atom is 0.239 e. The quantitative estimate of drug-likeness (QED) is 0.586. The van der Waals surface area contributed by atoms with Crippen molar-refractivity contribution in [2.75, 3.05) is 11.9 Å². The first-order valence-electron chi connectivity index (χ1n) is 5.39. The van der Waals surface area contributed by atoms with Crippen molar-refractivity contribution in [3.63, 3.8) is 0 Å². The number of carbonyl (C=O) groups is 1. The van der Waals surface area contributed by atoms with Crippen LogP contribution in [0.1, 0.15) is 40.5 Å². The Morgan fingerprint density at radius 1 is 1.27 bits per heavy atom. The van der Waals surface area contributed by atoms with Gasteiger partial charge in [0.25, 0.3) is 0 Å². The molecule has 4 heteroatoms. The van der Waals surface area contributed by atoms with E-state index in [1.807, 2.05) is 18.7 Å². The van der Waals surface area contributed by atoms with Gasteiger partial charge in [-0.3, -0.25) is 4.79 Å². The first kappa shape index (κ1) is 13.4. The summed E-state index contributed by atoms with van der Waals surface area (Å²) in [6.45, 7) is 9.20. The summed E-state index contributed by atoms with van der Waals surface area (Å²) in [7, 11) is 0. The van der Waals surface area contributed by atoms with Gasteiger partial charge in [0.2, 0.25) is 5.91 Å². The largest absolute Gasteiger partial charge is 0.327 e. The normalized spacial score (nSPS) is 23.5. The number of carbonyl (C=O) groups excluding carboxylic acids is 1. The van der Waals surface area contributed by atoms with E-state index in [-0.39, 0.29) is 15.5 Å². The van der Waals surface area contributed by atoms with Crippen molar-refractivity contribution >= 4 is 33.6 Å². The molecule has 15 heavy (non-hydrogen) atoms. The van der Waals surface area contributed by atoms with Crippen LogP contribution in [0, 0.1) is 0 Å². The third-order valence-corrected chi connectivity index (χ3v) is 4.65. The molecule has 0 aliphatic carbocycles. The molecule has 0 N–H and O–H groups in total. The number of thioether (sulfide) groups is 1. The molecule has 0 aromatic heterocycles. The zero-order valence-corrected chi connectivity index (χ0v) is 12.4. The van der Waals surface area contributed by atoms with Crippen LogP contribution < -0.4 is 0 Å². The van der Waals surface area contributed by atoms with Crippen LogP contribution in [0.4, 0.5) is 0 Å². The molecule has 1 aliphatic rings. The number of halogens is 1. The molecule has 0 aromatic rings. The van der Waals surface area contributed by atoms with Gasteiger partial charge in [0.15, 0.2) is 0 Å². The minimum absolute atomic E-state index is 0.0487. The monoisotopic (exact) mass is 293 g/mol. The maximum atomic E-state index is 12.1. The fraction of sp³-hybridized carbons (Fsp3) is 0.909. The zero-order valence-electron chi connectivity index (χ0n) is 9.97. The Balaban J connectivity index is 2.66. The Hall–Kier alpha value is 0.300. The minimum Gasteiger partial charge on any atom is -0.327 e. The molecule has 1 heterocycles. The fourth-order valence-corrected chi connectivity index (χ4v) is 4.16. The Morgan fingerprint density at radius 2 is 1.87 bits per heavy atom. The Labute approximate surface area is 105 Å². The minimum atomic E-state index is -0.252. The van der Waals surface area contributed by atoms with Gasteiger partial charge in [0, 0.05) is 11.9 Å². The van der Waals surface area contributed by atoms with Crippen LogP contribution in [-0.4, -0.2) is 32.3 Å². The zero-order chi connectivity index (χ0) is 11.7. The van der Waals surface area contributed by atoms with Gasteiger partial charge in [-0.05, 0) is 40.5 Å². The lowest BCUT2D eigenvalue weighted by molar-refractivity contribution is -0.133. The Bertz CT molecular complexity index is 253. The van der Waals surface area contributed by atoms with E-state index in [1.165, 1.54) is 0 Å². The van der Waals surface area contributed by atoms with Gasteiger partial charge in [-0.15, -0.1) is 11.8 Å². The highest BCUT2D eigenvalue weighted by atomic mass is 79.9. The van der Waals surface area contributed by atoms with Crippen molar-refractivity contribution in [2.24, 2.45) is 0 Å². The summed E-state index contributed by atoms with van der Waals surface area (Å²) in [5, 5.41) is 1.02. The molecule has 0 atom stereocenters. The Morgan fingerprint density at radius 3 is 2.27 bits per heavy atom. The van der Waals surface area contributed by atoms with E-state index in [4.69, 9.17) is 0 Å². The molecule has 0 radical (unpaired) electrons. The van der Waals surface area contributed by atoms with Crippen molar-refractivity contribution in [3.05, 3.63) is 0 Å². The number of hydrogen-bond donors (Lipinski definition) is 0. The van der Waals surface area contributed by atoms with Crippen LogP contribution >= 0.6 is 27.7 Å². The topological polar surface area (TPSA) is 20.3 Å². The number of nitrogens with zero attached hydrogens (tertiary/aromatic N) is 1. The predicted octanol–water partition coefficient (Wildman–Crippen LogP) is 3.25. The maximum absolute atomic E-state index is 12.1. The predicted molar refractivity (Wildman–Crippen MR) is 70.5 cm³/mol. The molecule has 88 valence electrons. The van der Waals surface area contributed by atoms with E-state index in [0.29, 0.717) is 0 Å². The highest BCUT2D eigenvalue weighted by Crippen LogP contribution is 2.47. The fourth-order valence-electron chi connectivity index (χ4n) is 2.03. The molecule has 0 unspecified atom stereocenters. The first-order valence-corrected chi connectivity index (χ1v) is 7.33. The van der Waals surface area contributed by atoms with Crippen LogP contribution in [0.3, 0.4) is 0 Å². The first-order chi connectivity index (χ1) is 6.81. The number of unbranched alkanes of at least 4 members (excludes halogenated alkanes) is 1. The smallest absolute Gasteiger partial charge is 0.239 e. The molecule has 1 saturated heterocycles. The lowest BCUT2D eigenvalue weighted by atomic mass is 10.1. The second-order valence-electron chi connectivity index (χ2n) is 4.91. The van der Waals surface area contributed by atoms with Crippen LogP contribution in [0.25, 0.3) is 0 Å². The lowest BCUT2D eigenvalue weighted by Crippen LogP contribution is -2.42. The summed E-state index contributed by atoms with van der Waals surface area (Å²) in [6, 6.07) is 0. The van der Waals surface area contributed by atoms with E-state index < -0.39 is 0 Å². The van der Waals surface area contributed by atoms with Crippen molar-refractivity contribution in [1.29, 1.82) is 0 Å². The third-order valence-electron chi connectivity index (χ3n) is 2.68. The summed E-state index contributed by atoms with van der Waals surface area (Å²) >= 11 is 5.18. The highest BCUT2D eigenvalue weighted by molar-refractivity contribution is 9.09. The molecule has 1 amide bonds. The van der Waals surface area contributed by atoms with Gasteiger partial charge in [-0.25, -0.2) is 0 Å². The van der Waals surface area contributed by atoms with Crippen LogP contribution in [-0.2, 0) is 4.79 Å². The summed E-state index contributed by atoms with van der Waals surface area (Å²) in [5.74, 6) is 0.284. The van der Waals surface area contributed by atoms with E-state index >= 15 is 0 Å². The summed E-state index contributed by atoms with van der Waals surface area (Å²) in [4.78, 5) is 14.1. The summed E-state index contributed by atoms with van der Waals surface area (Å²) in [6.07, 6.45) is 2.21. The van der Waals surface area contributed by atoms with E-state index in [9.17, 15) is 4.79 Å². The van der Waals surface area contributed by atoms with Crippen molar-refractivity contribution in [3.8, 4) is 0 Å². The molecule has 1 fully saturated rings.